The molecular weight excluding hydrogens is 438 g/mol. The lowest BCUT2D eigenvalue weighted by molar-refractivity contribution is 0.227. The van der Waals surface area contributed by atoms with E-state index in [0.717, 1.165) is 41.9 Å². The second-order valence-electron chi connectivity index (χ2n) is 10.2. The highest BCUT2D eigenvalue weighted by molar-refractivity contribution is 5.78. The highest BCUT2D eigenvalue weighted by Gasteiger charge is 2.38. The summed E-state index contributed by atoms with van der Waals surface area (Å²) in [6, 6.07) is 31.8. The standard InChI is InChI=1S/C33H29N3/c1-33(2)22-27(32(23-34)35-3)21-26-20-25(16-19-31(26)33)24-14-17-30(18-15-24)36(28-10-6-4-7-11-28)29-12-8-5-9-13-29/h4-15,17-18,20-21,31H,16,19,22H2,1-2H3. The summed E-state index contributed by atoms with van der Waals surface area (Å²) in [7, 11) is 0. The summed E-state index contributed by atoms with van der Waals surface area (Å²) in [5.74, 6) is 0.446. The van der Waals surface area contributed by atoms with Crippen LogP contribution in [-0.4, -0.2) is 0 Å². The monoisotopic (exact) mass is 467 g/mol. The Morgan fingerprint density at radius 1 is 0.889 bits per heavy atom. The van der Waals surface area contributed by atoms with Crippen molar-refractivity contribution in [2.75, 3.05) is 4.90 Å². The minimum atomic E-state index is 0.0317. The lowest BCUT2D eigenvalue weighted by atomic mass is 9.62. The molecule has 3 aromatic carbocycles. The molecule has 3 heteroatoms. The second-order valence-corrected chi connectivity index (χ2v) is 10.2. The first-order valence-corrected chi connectivity index (χ1v) is 12.4. The van der Waals surface area contributed by atoms with Crippen molar-refractivity contribution in [1.82, 2.24) is 0 Å². The van der Waals surface area contributed by atoms with Gasteiger partial charge in [-0.2, -0.15) is 0 Å². The third kappa shape index (κ3) is 4.49. The average molecular weight is 468 g/mol. The van der Waals surface area contributed by atoms with Gasteiger partial charge in [-0.3, -0.25) is 0 Å². The first-order chi connectivity index (χ1) is 17.5. The summed E-state index contributed by atoms with van der Waals surface area (Å²) in [4.78, 5) is 5.76. The summed E-state index contributed by atoms with van der Waals surface area (Å²) in [6.07, 6.45) is 7.29. The van der Waals surface area contributed by atoms with Crippen LogP contribution in [0.2, 0.25) is 0 Å². The van der Waals surface area contributed by atoms with Crippen LogP contribution < -0.4 is 4.90 Å². The smallest absolute Gasteiger partial charge is 0.265 e. The van der Waals surface area contributed by atoms with Crippen LogP contribution in [0.4, 0.5) is 17.1 Å². The highest BCUT2D eigenvalue weighted by Crippen LogP contribution is 2.50. The molecule has 36 heavy (non-hydrogen) atoms. The molecule has 0 saturated heterocycles. The van der Waals surface area contributed by atoms with Gasteiger partial charge in [-0.15, -0.1) is 0 Å². The Bertz CT molecular complexity index is 1370. The van der Waals surface area contributed by atoms with Crippen LogP contribution in [-0.2, 0) is 0 Å². The molecule has 1 unspecified atom stereocenters. The molecule has 0 aromatic heterocycles. The predicted molar refractivity (Wildman–Crippen MR) is 148 cm³/mol. The van der Waals surface area contributed by atoms with E-state index in [1.807, 2.05) is 12.1 Å². The summed E-state index contributed by atoms with van der Waals surface area (Å²) in [5, 5.41) is 9.44. The Hall–Kier alpha value is -4.34. The zero-order valence-electron chi connectivity index (χ0n) is 20.8. The van der Waals surface area contributed by atoms with Crippen LogP contribution in [0.3, 0.4) is 0 Å². The van der Waals surface area contributed by atoms with E-state index in [0.29, 0.717) is 5.92 Å². The van der Waals surface area contributed by atoms with Gasteiger partial charge in [0, 0.05) is 17.1 Å². The summed E-state index contributed by atoms with van der Waals surface area (Å²) in [5.41, 5.74) is 8.27. The Balaban J connectivity index is 1.50. The molecule has 3 aromatic rings. The molecule has 5 rings (SSSR count). The number of nitrogens with zero attached hydrogens (tertiary/aromatic N) is 3. The number of hydrogen-bond acceptors (Lipinski definition) is 2. The van der Waals surface area contributed by atoms with Gasteiger partial charge in [-0.25, -0.2) is 10.1 Å². The van der Waals surface area contributed by atoms with Crippen LogP contribution in [0.15, 0.2) is 114 Å². The maximum Gasteiger partial charge on any atom is 0.265 e. The molecule has 3 nitrogen and oxygen atoms in total. The minimum absolute atomic E-state index is 0.0317. The van der Waals surface area contributed by atoms with Gasteiger partial charge >= 0.3 is 0 Å². The Morgan fingerprint density at radius 2 is 1.47 bits per heavy atom. The summed E-state index contributed by atoms with van der Waals surface area (Å²) >= 11 is 0. The van der Waals surface area contributed by atoms with Crippen LogP contribution in [0.5, 0.6) is 0 Å². The van der Waals surface area contributed by atoms with Crippen molar-refractivity contribution < 1.29 is 0 Å². The molecule has 176 valence electrons. The van der Waals surface area contributed by atoms with Crippen LogP contribution in [0, 0.1) is 29.2 Å². The van der Waals surface area contributed by atoms with Crippen LogP contribution >= 0.6 is 0 Å². The third-order valence-electron chi connectivity index (χ3n) is 7.42. The zero-order valence-corrected chi connectivity index (χ0v) is 20.8. The van der Waals surface area contributed by atoms with Gasteiger partial charge in [0.15, 0.2) is 0 Å². The maximum atomic E-state index is 9.44. The molecule has 0 fully saturated rings. The van der Waals surface area contributed by atoms with Crippen molar-refractivity contribution in [3.05, 3.63) is 131 Å². The van der Waals surface area contributed by atoms with Crippen molar-refractivity contribution in [3.63, 3.8) is 0 Å². The van der Waals surface area contributed by atoms with Crippen molar-refractivity contribution in [2.24, 2.45) is 11.3 Å². The third-order valence-corrected chi connectivity index (χ3v) is 7.42. The van der Waals surface area contributed by atoms with E-state index in [2.05, 4.69) is 115 Å². The largest absolute Gasteiger partial charge is 0.311 e. The van der Waals surface area contributed by atoms with E-state index >= 15 is 0 Å². The van der Waals surface area contributed by atoms with Gasteiger partial charge in [0.05, 0.1) is 12.6 Å². The van der Waals surface area contributed by atoms with Gasteiger partial charge < -0.3 is 4.90 Å². The van der Waals surface area contributed by atoms with Gasteiger partial charge in [0.25, 0.3) is 5.70 Å². The number of nitriles is 1. The molecule has 0 spiro atoms. The molecule has 2 aliphatic rings. The van der Waals surface area contributed by atoms with E-state index in [9.17, 15) is 5.26 Å². The van der Waals surface area contributed by atoms with Crippen LogP contribution in [0.1, 0.15) is 38.7 Å². The molecule has 0 saturated carbocycles. The van der Waals surface area contributed by atoms with Gasteiger partial charge in [0.1, 0.15) is 0 Å². The molecule has 0 amide bonds. The van der Waals surface area contributed by atoms with Gasteiger partial charge in [0.2, 0.25) is 0 Å². The SMILES string of the molecule is [C-]#[N+]C(C#N)=C1C=C2C=C(c3ccc(N(c4ccccc4)c4ccccc4)cc3)CCC2C(C)(C)C1. The Morgan fingerprint density at radius 3 is 2.03 bits per heavy atom. The first-order valence-electron chi connectivity index (χ1n) is 12.4. The molecule has 0 radical (unpaired) electrons. The Kier molecular flexibility index (Phi) is 6.32. The second kappa shape index (κ2) is 9.73. The van der Waals surface area contributed by atoms with Gasteiger partial charge in [-0.05, 0) is 89.3 Å². The number of benzene rings is 3. The van der Waals surface area contributed by atoms with Crippen LogP contribution in [0.25, 0.3) is 10.4 Å². The number of para-hydroxylation sites is 2. The van der Waals surface area contributed by atoms with E-state index < -0.39 is 0 Å². The van der Waals surface area contributed by atoms with E-state index in [1.54, 1.807) is 0 Å². The quantitative estimate of drug-likeness (QED) is 0.283. The maximum absolute atomic E-state index is 9.44. The van der Waals surface area contributed by atoms with E-state index in [4.69, 9.17) is 6.57 Å². The highest BCUT2D eigenvalue weighted by atomic mass is 15.1. The number of allylic oxidation sites excluding steroid dienone is 6. The fourth-order valence-corrected chi connectivity index (χ4v) is 5.67. The lowest BCUT2D eigenvalue weighted by Gasteiger charge is -2.42. The topological polar surface area (TPSA) is 31.4 Å². The van der Waals surface area contributed by atoms with Crippen molar-refractivity contribution >= 4 is 22.6 Å². The predicted octanol–water partition coefficient (Wildman–Crippen LogP) is 9.00. The van der Waals surface area contributed by atoms with Crippen molar-refractivity contribution in [3.8, 4) is 6.07 Å². The molecular formula is C33H29N3. The Labute approximate surface area is 214 Å². The molecule has 0 bridgehead atoms. The number of anilines is 3. The average Bonchev–Trinajstić information content (AvgIpc) is 2.90. The molecule has 1 atom stereocenters. The number of hydrogen-bond donors (Lipinski definition) is 0. The fraction of sp³-hybridized carbons (Fsp3) is 0.212. The zero-order chi connectivity index (χ0) is 25.1. The minimum Gasteiger partial charge on any atom is -0.311 e. The lowest BCUT2D eigenvalue weighted by Crippen LogP contribution is -2.31. The molecule has 2 aliphatic carbocycles. The summed E-state index contributed by atoms with van der Waals surface area (Å²) < 4.78 is 0. The molecule has 0 aliphatic heterocycles. The normalized spacial score (nSPS) is 19.6. The number of fused-ring (bicyclic) bond motifs is 1. The molecule has 0 N–H and O–H groups in total. The van der Waals surface area contributed by atoms with Crippen molar-refractivity contribution in [2.45, 2.75) is 33.1 Å². The summed E-state index contributed by atoms with van der Waals surface area (Å²) in [6.45, 7) is 11.9. The van der Waals surface area contributed by atoms with E-state index in [1.165, 1.54) is 16.7 Å². The molecule has 0 heterocycles. The number of rotatable bonds is 4. The van der Waals surface area contributed by atoms with Crippen molar-refractivity contribution in [1.29, 1.82) is 5.26 Å². The first kappa shape index (κ1) is 23.4. The van der Waals surface area contributed by atoms with Gasteiger partial charge in [-0.1, -0.05) is 74.5 Å². The van der Waals surface area contributed by atoms with E-state index in [-0.39, 0.29) is 11.1 Å². The fourth-order valence-electron chi connectivity index (χ4n) is 5.67.